The van der Waals surface area contributed by atoms with Crippen molar-refractivity contribution in [1.82, 2.24) is 0 Å². The number of thiocarbonyl (C=S) groups is 1. The van der Waals surface area contributed by atoms with E-state index in [0.29, 0.717) is 18.2 Å². The van der Waals surface area contributed by atoms with E-state index in [1.807, 2.05) is 31.2 Å². The number of hydrogen-bond acceptors (Lipinski definition) is 4. The molecule has 0 aromatic heterocycles. The van der Waals surface area contributed by atoms with Crippen molar-refractivity contribution in [3.05, 3.63) is 58.7 Å². The summed E-state index contributed by atoms with van der Waals surface area (Å²) in [5, 5.41) is 11.3. The van der Waals surface area contributed by atoms with E-state index in [4.69, 9.17) is 21.7 Å². The SMILES string of the molecule is COC(=S)N(O)c1cccc(C2CC2)c1COc1ccc(C)cc1C. The first-order valence-electron chi connectivity index (χ1n) is 8.40. The zero-order valence-corrected chi connectivity index (χ0v) is 15.6. The summed E-state index contributed by atoms with van der Waals surface area (Å²) in [6.07, 6.45) is 2.33. The van der Waals surface area contributed by atoms with E-state index < -0.39 is 0 Å². The Balaban J connectivity index is 1.91. The Morgan fingerprint density at radius 2 is 2.00 bits per heavy atom. The molecule has 1 N–H and O–H groups in total. The van der Waals surface area contributed by atoms with Gasteiger partial charge in [0.25, 0.3) is 5.17 Å². The van der Waals surface area contributed by atoms with Crippen LogP contribution in [0.5, 0.6) is 5.75 Å². The molecule has 0 saturated heterocycles. The highest BCUT2D eigenvalue weighted by Crippen LogP contribution is 2.44. The van der Waals surface area contributed by atoms with Gasteiger partial charge in [0.1, 0.15) is 12.4 Å². The molecule has 0 heterocycles. The summed E-state index contributed by atoms with van der Waals surface area (Å²) in [5.74, 6) is 1.38. The summed E-state index contributed by atoms with van der Waals surface area (Å²) in [4.78, 5) is 0. The van der Waals surface area contributed by atoms with Gasteiger partial charge < -0.3 is 9.47 Å². The number of rotatable bonds is 5. The highest BCUT2D eigenvalue weighted by atomic mass is 32.1. The Kier molecular flexibility index (Phi) is 5.25. The van der Waals surface area contributed by atoms with Crippen LogP contribution in [0.2, 0.25) is 0 Å². The fourth-order valence-corrected chi connectivity index (χ4v) is 3.12. The molecule has 4 nitrogen and oxygen atoms in total. The van der Waals surface area contributed by atoms with E-state index in [0.717, 1.165) is 21.9 Å². The molecule has 2 aromatic carbocycles. The number of aryl methyl sites for hydroxylation is 2. The van der Waals surface area contributed by atoms with Crippen LogP contribution in [0.25, 0.3) is 0 Å². The standard InChI is InChI=1S/C20H23NO3S/c1-13-7-10-19(14(2)11-13)24-12-17-16(15-8-9-15)5-4-6-18(17)21(22)20(25)23-3/h4-7,10-11,15,22H,8-9,12H2,1-3H3. The van der Waals surface area contributed by atoms with E-state index in [1.165, 1.54) is 31.1 Å². The van der Waals surface area contributed by atoms with Crippen molar-refractivity contribution in [3.63, 3.8) is 0 Å². The largest absolute Gasteiger partial charge is 0.489 e. The van der Waals surface area contributed by atoms with Crippen molar-refractivity contribution in [2.75, 3.05) is 12.2 Å². The molecule has 1 aliphatic rings. The van der Waals surface area contributed by atoms with Crippen molar-refractivity contribution in [1.29, 1.82) is 0 Å². The first-order chi connectivity index (χ1) is 12.0. The molecule has 0 unspecified atom stereocenters. The average molecular weight is 357 g/mol. The van der Waals surface area contributed by atoms with Crippen LogP contribution in [-0.2, 0) is 11.3 Å². The summed E-state index contributed by atoms with van der Waals surface area (Å²) < 4.78 is 11.1. The molecule has 0 aliphatic heterocycles. The number of ether oxygens (including phenoxy) is 2. The van der Waals surface area contributed by atoms with Crippen LogP contribution >= 0.6 is 12.2 Å². The number of benzene rings is 2. The normalized spacial score (nSPS) is 13.4. The maximum Gasteiger partial charge on any atom is 0.288 e. The summed E-state index contributed by atoms with van der Waals surface area (Å²) in [7, 11) is 1.45. The lowest BCUT2D eigenvalue weighted by Crippen LogP contribution is -2.28. The molecule has 0 amide bonds. The molecule has 2 aromatic rings. The van der Waals surface area contributed by atoms with E-state index in [9.17, 15) is 5.21 Å². The minimum Gasteiger partial charge on any atom is -0.489 e. The van der Waals surface area contributed by atoms with Crippen LogP contribution in [0.4, 0.5) is 5.69 Å². The second kappa shape index (κ2) is 7.42. The van der Waals surface area contributed by atoms with Gasteiger partial charge in [0.05, 0.1) is 12.8 Å². The lowest BCUT2D eigenvalue weighted by Gasteiger charge is -2.22. The third-order valence-corrected chi connectivity index (χ3v) is 4.82. The molecule has 0 spiro atoms. The van der Waals surface area contributed by atoms with Crippen LogP contribution in [0.3, 0.4) is 0 Å². The molecular weight excluding hydrogens is 334 g/mol. The van der Waals surface area contributed by atoms with Gasteiger partial charge in [-0.25, -0.2) is 0 Å². The van der Waals surface area contributed by atoms with Crippen LogP contribution in [-0.4, -0.2) is 17.5 Å². The Morgan fingerprint density at radius 3 is 2.64 bits per heavy atom. The van der Waals surface area contributed by atoms with Gasteiger partial charge in [-0.2, -0.15) is 5.06 Å². The predicted octanol–water partition coefficient (Wildman–Crippen LogP) is 4.89. The maximum atomic E-state index is 10.4. The molecule has 5 heteroatoms. The predicted molar refractivity (Wildman–Crippen MR) is 103 cm³/mol. The maximum absolute atomic E-state index is 10.4. The van der Waals surface area contributed by atoms with E-state index in [1.54, 1.807) is 0 Å². The highest BCUT2D eigenvalue weighted by molar-refractivity contribution is 7.80. The van der Waals surface area contributed by atoms with Gasteiger partial charge in [-0.05, 0) is 68.1 Å². The number of hydrogen-bond donors (Lipinski definition) is 1. The topological polar surface area (TPSA) is 41.9 Å². The molecule has 3 rings (SSSR count). The van der Waals surface area contributed by atoms with Crippen molar-refractivity contribution >= 4 is 23.1 Å². The summed E-state index contributed by atoms with van der Waals surface area (Å²) in [6.45, 7) is 4.47. The Labute approximate surface area is 153 Å². The Bertz CT molecular complexity index is 787. The van der Waals surface area contributed by atoms with Gasteiger partial charge >= 0.3 is 0 Å². The first kappa shape index (κ1) is 17.7. The van der Waals surface area contributed by atoms with Crippen LogP contribution in [0, 0.1) is 13.8 Å². The summed E-state index contributed by atoms with van der Waals surface area (Å²) in [5.41, 5.74) is 5.07. The van der Waals surface area contributed by atoms with Gasteiger partial charge in [-0.3, -0.25) is 5.21 Å². The Hall–Kier alpha value is -2.11. The quantitative estimate of drug-likeness (QED) is 0.610. The van der Waals surface area contributed by atoms with Gasteiger partial charge in [0, 0.05) is 5.56 Å². The molecule has 132 valence electrons. The van der Waals surface area contributed by atoms with Crippen LogP contribution in [0.1, 0.15) is 41.0 Å². The molecule has 1 saturated carbocycles. The van der Waals surface area contributed by atoms with E-state index >= 15 is 0 Å². The first-order valence-corrected chi connectivity index (χ1v) is 8.81. The van der Waals surface area contributed by atoms with Gasteiger partial charge in [-0.1, -0.05) is 29.8 Å². The molecular formula is C20H23NO3S. The molecule has 0 atom stereocenters. The lowest BCUT2D eigenvalue weighted by atomic mass is 10.0. The van der Waals surface area contributed by atoms with Crippen molar-refractivity contribution in [2.24, 2.45) is 0 Å². The van der Waals surface area contributed by atoms with Gasteiger partial charge in [0.15, 0.2) is 0 Å². The number of anilines is 1. The van der Waals surface area contributed by atoms with E-state index in [2.05, 4.69) is 19.1 Å². The fourth-order valence-electron chi connectivity index (χ4n) is 3.02. The zero-order chi connectivity index (χ0) is 18.0. The zero-order valence-electron chi connectivity index (χ0n) is 14.8. The molecule has 0 bridgehead atoms. The Morgan fingerprint density at radius 1 is 1.24 bits per heavy atom. The average Bonchev–Trinajstić information content (AvgIpc) is 3.44. The smallest absolute Gasteiger partial charge is 0.288 e. The molecule has 25 heavy (non-hydrogen) atoms. The van der Waals surface area contributed by atoms with Crippen molar-refractivity contribution in [2.45, 2.75) is 39.2 Å². The van der Waals surface area contributed by atoms with Crippen molar-refractivity contribution < 1.29 is 14.7 Å². The number of nitrogens with zero attached hydrogens (tertiary/aromatic N) is 1. The second-order valence-electron chi connectivity index (χ2n) is 6.46. The van der Waals surface area contributed by atoms with Gasteiger partial charge in [0.2, 0.25) is 0 Å². The molecule has 1 aliphatic carbocycles. The minimum atomic E-state index is 0.0145. The van der Waals surface area contributed by atoms with Crippen molar-refractivity contribution in [3.8, 4) is 5.75 Å². The molecule has 1 fully saturated rings. The second-order valence-corrected chi connectivity index (χ2v) is 6.81. The highest BCUT2D eigenvalue weighted by Gasteiger charge is 2.29. The number of hydroxylamine groups is 1. The van der Waals surface area contributed by atoms with Gasteiger partial charge in [-0.15, -0.1) is 0 Å². The monoisotopic (exact) mass is 357 g/mol. The summed E-state index contributed by atoms with van der Waals surface area (Å²) >= 11 is 5.07. The summed E-state index contributed by atoms with van der Waals surface area (Å²) in [6, 6.07) is 12.0. The third kappa shape index (κ3) is 3.94. The minimum absolute atomic E-state index is 0.0145. The lowest BCUT2D eigenvalue weighted by molar-refractivity contribution is 0.264. The fraction of sp³-hybridized carbons (Fsp3) is 0.350. The van der Waals surface area contributed by atoms with Crippen LogP contribution < -0.4 is 9.80 Å². The number of methoxy groups -OCH3 is 1. The van der Waals surface area contributed by atoms with Crippen LogP contribution in [0.15, 0.2) is 36.4 Å². The van der Waals surface area contributed by atoms with E-state index in [-0.39, 0.29) is 5.17 Å². The third-order valence-electron chi connectivity index (χ3n) is 4.48. The molecule has 0 radical (unpaired) electrons.